The van der Waals surface area contributed by atoms with Crippen molar-refractivity contribution in [2.45, 2.75) is 88.2 Å². The van der Waals surface area contributed by atoms with E-state index < -0.39 is 38.0 Å². The summed E-state index contributed by atoms with van der Waals surface area (Å²) in [5.41, 5.74) is -1.37. The number of nitrogens with one attached hydrogen (secondary N) is 1. The SMILES string of the molecule is CC(C)(C)OC(=O)N1CCC2(CC1)C[C@@H](n1cnc3ccc(Oc4c(F)ccc(NS(=O)(=O)C5CCCC5)c4C#N)cc3c1=O)CO2. The summed E-state index contributed by atoms with van der Waals surface area (Å²) in [5.74, 6) is -1.24. The van der Waals surface area contributed by atoms with Gasteiger partial charge in [-0.1, -0.05) is 12.8 Å². The summed E-state index contributed by atoms with van der Waals surface area (Å²) < 4.78 is 62.4. The molecule has 3 heterocycles. The quantitative estimate of drug-likeness (QED) is 0.353. The van der Waals surface area contributed by atoms with Crippen LogP contribution in [0, 0.1) is 17.1 Å². The van der Waals surface area contributed by atoms with Crippen LogP contribution >= 0.6 is 0 Å². The third kappa shape index (κ3) is 6.78. The molecule has 1 amide bonds. The van der Waals surface area contributed by atoms with E-state index in [2.05, 4.69) is 9.71 Å². The van der Waals surface area contributed by atoms with Crippen LogP contribution in [0.15, 0.2) is 41.5 Å². The van der Waals surface area contributed by atoms with Gasteiger partial charge in [0.1, 0.15) is 23.0 Å². The highest BCUT2D eigenvalue weighted by molar-refractivity contribution is 7.93. The average molecular weight is 668 g/mol. The van der Waals surface area contributed by atoms with Gasteiger partial charge >= 0.3 is 6.09 Å². The second-order valence-electron chi connectivity index (χ2n) is 13.5. The maximum absolute atomic E-state index is 15.0. The zero-order valence-corrected chi connectivity index (χ0v) is 27.4. The van der Waals surface area contributed by atoms with Crippen LogP contribution in [-0.2, 0) is 19.5 Å². The topological polar surface area (TPSA) is 153 Å². The number of aromatic nitrogens is 2. The van der Waals surface area contributed by atoms with Gasteiger partial charge in [0.15, 0.2) is 11.6 Å². The number of fused-ring (bicyclic) bond motifs is 1. The highest BCUT2D eigenvalue weighted by Gasteiger charge is 2.45. The van der Waals surface area contributed by atoms with E-state index in [9.17, 15) is 23.3 Å². The number of nitriles is 1. The van der Waals surface area contributed by atoms with E-state index in [0.717, 1.165) is 18.9 Å². The largest absolute Gasteiger partial charge is 0.453 e. The Bertz CT molecular complexity index is 1900. The van der Waals surface area contributed by atoms with Crippen molar-refractivity contribution in [2.24, 2.45) is 0 Å². The van der Waals surface area contributed by atoms with Crippen LogP contribution in [0.5, 0.6) is 11.5 Å². The van der Waals surface area contributed by atoms with Crippen LogP contribution in [0.3, 0.4) is 0 Å². The van der Waals surface area contributed by atoms with Crippen molar-refractivity contribution in [2.75, 3.05) is 24.4 Å². The molecule has 0 unspecified atom stereocenters. The molecule has 1 atom stereocenters. The summed E-state index contributed by atoms with van der Waals surface area (Å²) in [6.07, 6.45) is 5.56. The Morgan fingerprint density at radius 1 is 1.17 bits per heavy atom. The van der Waals surface area contributed by atoms with Crippen molar-refractivity contribution in [1.29, 1.82) is 5.26 Å². The van der Waals surface area contributed by atoms with Gasteiger partial charge in [0, 0.05) is 13.1 Å². The third-order valence-electron chi connectivity index (χ3n) is 9.10. The molecule has 3 aliphatic rings. The van der Waals surface area contributed by atoms with Crippen molar-refractivity contribution >= 4 is 32.7 Å². The van der Waals surface area contributed by atoms with Crippen LogP contribution in [0.2, 0.25) is 0 Å². The van der Waals surface area contributed by atoms with Gasteiger partial charge in [-0.2, -0.15) is 5.26 Å². The number of sulfonamides is 1. The molecule has 1 aromatic heterocycles. The van der Waals surface area contributed by atoms with Gasteiger partial charge in [0.25, 0.3) is 5.56 Å². The summed E-state index contributed by atoms with van der Waals surface area (Å²) in [4.78, 5) is 32.4. The molecule has 250 valence electrons. The molecule has 3 fully saturated rings. The Kier molecular flexibility index (Phi) is 8.65. The lowest BCUT2D eigenvalue weighted by Crippen LogP contribution is -2.48. The lowest BCUT2D eigenvalue weighted by molar-refractivity contribution is -0.0486. The molecule has 6 rings (SSSR count). The molecule has 1 saturated carbocycles. The molecule has 2 saturated heterocycles. The highest BCUT2D eigenvalue weighted by atomic mass is 32.2. The number of benzene rings is 2. The molecular formula is C33H38FN5O7S. The van der Waals surface area contributed by atoms with E-state index in [0.29, 0.717) is 57.3 Å². The number of carbonyl (C=O) groups excluding carboxylic acids is 1. The first-order valence-corrected chi connectivity index (χ1v) is 17.4. The van der Waals surface area contributed by atoms with Gasteiger partial charge in [0.2, 0.25) is 10.0 Å². The van der Waals surface area contributed by atoms with E-state index in [1.54, 1.807) is 11.0 Å². The molecule has 1 aliphatic carbocycles. The minimum absolute atomic E-state index is 0.0762. The van der Waals surface area contributed by atoms with Crippen molar-refractivity contribution in [3.8, 4) is 17.6 Å². The zero-order chi connectivity index (χ0) is 33.6. The third-order valence-corrected chi connectivity index (χ3v) is 11.0. The normalized spacial score (nSPS) is 20.0. The van der Waals surface area contributed by atoms with Gasteiger partial charge in [-0.25, -0.2) is 22.6 Å². The highest BCUT2D eigenvalue weighted by Crippen LogP contribution is 2.41. The van der Waals surface area contributed by atoms with Crippen LogP contribution in [-0.4, -0.2) is 65.1 Å². The number of ether oxygens (including phenoxy) is 3. The Hall–Kier alpha value is -4.22. The smallest absolute Gasteiger partial charge is 0.410 e. The zero-order valence-electron chi connectivity index (χ0n) is 26.6. The molecular weight excluding hydrogens is 629 g/mol. The first-order chi connectivity index (χ1) is 22.3. The van der Waals surface area contributed by atoms with Crippen molar-refractivity contribution in [1.82, 2.24) is 14.5 Å². The number of rotatable bonds is 6. The summed E-state index contributed by atoms with van der Waals surface area (Å²) >= 11 is 0. The van der Waals surface area contributed by atoms with Crippen molar-refractivity contribution in [3.05, 3.63) is 58.4 Å². The van der Waals surface area contributed by atoms with Crippen molar-refractivity contribution < 1.29 is 31.8 Å². The fourth-order valence-corrected chi connectivity index (χ4v) is 8.21. The Balaban J connectivity index is 1.21. The second-order valence-corrected chi connectivity index (χ2v) is 15.5. The molecule has 12 nitrogen and oxygen atoms in total. The summed E-state index contributed by atoms with van der Waals surface area (Å²) in [5, 5.41) is 9.54. The summed E-state index contributed by atoms with van der Waals surface area (Å²) in [6, 6.07) is 8.31. The lowest BCUT2D eigenvalue weighted by atomic mass is 9.87. The second kappa shape index (κ2) is 12.4. The van der Waals surface area contributed by atoms with E-state index >= 15 is 4.39 Å². The van der Waals surface area contributed by atoms with Crippen LogP contribution in [0.1, 0.15) is 77.3 Å². The molecule has 1 N–H and O–H groups in total. The minimum Gasteiger partial charge on any atom is -0.453 e. The first-order valence-electron chi connectivity index (χ1n) is 15.8. The van der Waals surface area contributed by atoms with E-state index in [4.69, 9.17) is 14.2 Å². The van der Waals surface area contributed by atoms with Crippen LogP contribution < -0.4 is 15.0 Å². The Morgan fingerprint density at radius 2 is 1.89 bits per heavy atom. The summed E-state index contributed by atoms with van der Waals surface area (Å²) in [6.45, 7) is 6.76. The molecule has 2 aliphatic heterocycles. The molecule has 1 spiro atoms. The maximum atomic E-state index is 15.0. The van der Waals surface area contributed by atoms with E-state index in [-0.39, 0.29) is 40.1 Å². The monoisotopic (exact) mass is 667 g/mol. The Labute approximate surface area is 272 Å². The van der Waals surface area contributed by atoms with Gasteiger partial charge in [0.05, 0.1) is 46.4 Å². The maximum Gasteiger partial charge on any atom is 0.410 e. The van der Waals surface area contributed by atoms with Gasteiger partial charge in [-0.3, -0.25) is 14.1 Å². The van der Waals surface area contributed by atoms with E-state index in [1.165, 1.54) is 29.1 Å². The van der Waals surface area contributed by atoms with Gasteiger partial charge < -0.3 is 19.1 Å². The number of halogens is 1. The number of amides is 1. The number of hydrogen-bond acceptors (Lipinski definition) is 9. The molecule has 0 bridgehead atoms. The average Bonchev–Trinajstić information content (AvgIpc) is 3.71. The molecule has 2 aromatic carbocycles. The number of piperidine rings is 1. The molecule has 3 aromatic rings. The predicted octanol–water partition coefficient (Wildman–Crippen LogP) is 5.61. The summed E-state index contributed by atoms with van der Waals surface area (Å²) in [7, 11) is -3.78. The number of hydrogen-bond donors (Lipinski definition) is 1. The molecule has 0 radical (unpaired) electrons. The molecule has 47 heavy (non-hydrogen) atoms. The number of carbonyl (C=O) groups is 1. The number of nitrogens with zero attached hydrogens (tertiary/aromatic N) is 4. The van der Waals surface area contributed by atoms with Crippen LogP contribution in [0.25, 0.3) is 10.9 Å². The minimum atomic E-state index is -3.78. The van der Waals surface area contributed by atoms with Crippen molar-refractivity contribution in [3.63, 3.8) is 0 Å². The first kappa shape index (κ1) is 32.7. The predicted molar refractivity (Wildman–Crippen MR) is 171 cm³/mol. The fraction of sp³-hybridized carbons (Fsp3) is 0.515. The molecule has 14 heteroatoms. The fourth-order valence-electron chi connectivity index (χ4n) is 6.62. The standard InChI is InChI=1S/C33H38FN5O7S/c1-32(2,3)46-31(41)38-14-12-33(13-15-38)17-21(19-44-33)39-20-36-27-10-8-22(16-24(27)30(39)40)45-29-25(18-35)28(11-9-26(29)34)37-47(42,43)23-6-4-5-7-23/h8-11,16,20-21,23,37H,4-7,12-15,17,19H2,1-3H3/t21-/m1/s1. The lowest BCUT2D eigenvalue weighted by Gasteiger charge is -2.39. The number of likely N-dealkylation sites (tertiary alicyclic amines) is 1. The number of anilines is 1. The Morgan fingerprint density at radius 3 is 2.57 bits per heavy atom. The van der Waals surface area contributed by atoms with Gasteiger partial charge in [-0.05, 0) is 83.2 Å². The van der Waals surface area contributed by atoms with Crippen LogP contribution in [0.4, 0.5) is 14.9 Å². The van der Waals surface area contributed by atoms with E-state index in [1.807, 2.05) is 26.8 Å². The van der Waals surface area contributed by atoms with Gasteiger partial charge in [-0.15, -0.1) is 0 Å².